The second-order valence-electron chi connectivity index (χ2n) is 5.04. The lowest BCUT2D eigenvalue weighted by Crippen LogP contribution is -2.16. The van der Waals surface area contributed by atoms with E-state index in [9.17, 15) is 0 Å². The molecule has 0 amide bonds. The van der Waals surface area contributed by atoms with Gasteiger partial charge in [0.1, 0.15) is 0 Å². The predicted molar refractivity (Wildman–Crippen MR) is 85.4 cm³/mol. The van der Waals surface area contributed by atoms with Crippen LogP contribution in [-0.2, 0) is 24.9 Å². The molecule has 0 aliphatic heterocycles. The van der Waals surface area contributed by atoms with Gasteiger partial charge in [0.15, 0.2) is 0 Å². The summed E-state index contributed by atoms with van der Waals surface area (Å²) in [5, 5.41) is 8.38. The van der Waals surface area contributed by atoms with Gasteiger partial charge in [0.2, 0.25) is 0 Å². The van der Waals surface area contributed by atoms with Crippen LogP contribution in [-0.4, -0.2) is 22.9 Å². The van der Waals surface area contributed by atoms with Crippen molar-refractivity contribution < 1.29 is 4.74 Å². The summed E-state index contributed by atoms with van der Waals surface area (Å²) in [5.41, 5.74) is 3.09. The van der Waals surface area contributed by atoms with E-state index in [1.807, 2.05) is 20.0 Å². The van der Waals surface area contributed by atoms with Gasteiger partial charge in [-0.2, -0.15) is 5.10 Å². The fourth-order valence-corrected chi connectivity index (χ4v) is 2.35. The third kappa shape index (κ3) is 4.84. The topological polar surface area (TPSA) is 39.1 Å². The zero-order valence-electron chi connectivity index (χ0n) is 12.6. The van der Waals surface area contributed by atoms with Crippen LogP contribution in [0.3, 0.4) is 0 Å². The van der Waals surface area contributed by atoms with E-state index >= 15 is 0 Å². The van der Waals surface area contributed by atoms with Crippen molar-refractivity contribution >= 4 is 11.6 Å². The first-order valence-electron chi connectivity index (χ1n) is 7.19. The van der Waals surface area contributed by atoms with Gasteiger partial charge in [-0.05, 0) is 25.5 Å². The molecule has 0 aliphatic carbocycles. The highest BCUT2D eigenvalue weighted by Crippen LogP contribution is 2.19. The van der Waals surface area contributed by atoms with Crippen molar-refractivity contribution in [2.45, 2.75) is 26.5 Å². The first kappa shape index (κ1) is 16.0. The number of halogens is 1. The number of rotatable bonds is 8. The van der Waals surface area contributed by atoms with Crippen molar-refractivity contribution in [2.75, 3.05) is 13.2 Å². The lowest BCUT2D eigenvalue weighted by atomic mass is 10.2. The van der Waals surface area contributed by atoms with Crippen molar-refractivity contribution in [1.82, 2.24) is 15.1 Å². The van der Waals surface area contributed by atoms with Crippen molar-refractivity contribution in [3.63, 3.8) is 0 Å². The maximum Gasteiger partial charge on any atom is 0.0899 e. The first-order valence-corrected chi connectivity index (χ1v) is 7.56. The van der Waals surface area contributed by atoms with Crippen LogP contribution in [0.25, 0.3) is 0 Å². The van der Waals surface area contributed by atoms with Crippen LogP contribution < -0.4 is 5.32 Å². The molecule has 1 aromatic carbocycles. The summed E-state index contributed by atoms with van der Waals surface area (Å²) in [6.45, 7) is 4.96. The van der Waals surface area contributed by atoms with E-state index in [-0.39, 0.29) is 0 Å². The summed E-state index contributed by atoms with van der Waals surface area (Å²) in [7, 11) is 1.89. The van der Waals surface area contributed by atoms with Gasteiger partial charge in [-0.15, -0.1) is 0 Å². The number of ether oxygens (including phenoxy) is 1. The number of hydrogen-bond acceptors (Lipinski definition) is 3. The van der Waals surface area contributed by atoms with E-state index in [0.29, 0.717) is 18.2 Å². The van der Waals surface area contributed by atoms with Gasteiger partial charge in [-0.25, -0.2) is 0 Å². The molecule has 1 aromatic heterocycles. The number of hydrogen-bond donors (Lipinski definition) is 1. The minimum Gasteiger partial charge on any atom is -0.375 e. The smallest absolute Gasteiger partial charge is 0.0899 e. The molecule has 1 N–H and O–H groups in total. The largest absolute Gasteiger partial charge is 0.375 e. The monoisotopic (exact) mass is 307 g/mol. The Morgan fingerprint density at radius 2 is 2.05 bits per heavy atom. The van der Waals surface area contributed by atoms with Crippen LogP contribution in [0.5, 0.6) is 0 Å². The average Bonchev–Trinajstić information content (AvgIpc) is 2.73. The van der Waals surface area contributed by atoms with Gasteiger partial charge >= 0.3 is 0 Å². The Kier molecular flexibility index (Phi) is 6.23. The molecule has 21 heavy (non-hydrogen) atoms. The van der Waals surface area contributed by atoms with E-state index in [0.717, 1.165) is 30.9 Å². The quantitative estimate of drug-likeness (QED) is 0.762. The highest BCUT2D eigenvalue weighted by molar-refractivity contribution is 6.31. The Bertz CT molecular complexity index is 554. The van der Waals surface area contributed by atoms with Crippen LogP contribution in [0, 0.1) is 6.92 Å². The summed E-state index contributed by atoms with van der Waals surface area (Å²) in [6, 6.07) is 10.4. The van der Waals surface area contributed by atoms with Crippen LogP contribution in [0.2, 0.25) is 5.02 Å². The number of aromatic nitrogens is 2. The molecule has 0 unspecified atom stereocenters. The molecule has 114 valence electrons. The molecule has 0 bridgehead atoms. The predicted octanol–water partition coefficient (Wildman–Crippen LogP) is 3.08. The highest BCUT2D eigenvalue weighted by atomic mass is 35.5. The van der Waals surface area contributed by atoms with Crippen LogP contribution in [0.4, 0.5) is 0 Å². The molecule has 0 atom stereocenters. The molecular formula is C16H22ClN3O. The molecule has 0 fully saturated rings. The molecular weight excluding hydrogens is 286 g/mol. The van der Waals surface area contributed by atoms with Gasteiger partial charge < -0.3 is 10.1 Å². The molecule has 4 nitrogen and oxygen atoms in total. The summed E-state index contributed by atoms with van der Waals surface area (Å²) in [4.78, 5) is 0. The molecule has 2 aromatic rings. The standard InChI is InChI=1S/C16H22ClN3O/c1-13-16(17)15(20(2)19-13)12-21-10-6-9-18-11-14-7-4-3-5-8-14/h3-5,7-8,18H,6,9-12H2,1-2H3. The second-order valence-corrected chi connectivity index (χ2v) is 5.42. The maximum atomic E-state index is 6.17. The van der Waals surface area contributed by atoms with Gasteiger partial charge in [0.05, 0.1) is 23.0 Å². The Morgan fingerprint density at radius 3 is 2.71 bits per heavy atom. The SMILES string of the molecule is Cc1nn(C)c(COCCCNCc2ccccc2)c1Cl. The number of nitrogens with zero attached hydrogens (tertiary/aromatic N) is 2. The van der Waals surface area contributed by atoms with Crippen molar-refractivity contribution in [3.05, 3.63) is 52.3 Å². The van der Waals surface area contributed by atoms with Gasteiger partial charge in [-0.3, -0.25) is 4.68 Å². The minimum atomic E-state index is 0.509. The fourth-order valence-electron chi connectivity index (χ4n) is 2.13. The van der Waals surface area contributed by atoms with E-state index in [1.165, 1.54) is 5.56 Å². The van der Waals surface area contributed by atoms with Gasteiger partial charge in [0, 0.05) is 20.2 Å². The van der Waals surface area contributed by atoms with E-state index in [4.69, 9.17) is 16.3 Å². The fraction of sp³-hybridized carbons (Fsp3) is 0.438. The van der Waals surface area contributed by atoms with Crippen LogP contribution in [0.1, 0.15) is 23.4 Å². The summed E-state index contributed by atoms with van der Waals surface area (Å²) < 4.78 is 7.44. The molecule has 5 heteroatoms. The number of nitrogens with one attached hydrogen (secondary N) is 1. The minimum absolute atomic E-state index is 0.509. The van der Waals surface area contributed by atoms with Crippen molar-refractivity contribution in [2.24, 2.45) is 7.05 Å². The summed E-state index contributed by atoms with van der Waals surface area (Å²) in [6.07, 6.45) is 0.973. The van der Waals surface area contributed by atoms with Crippen LogP contribution in [0.15, 0.2) is 30.3 Å². The Labute approximate surface area is 131 Å². The molecule has 0 saturated heterocycles. The lowest BCUT2D eigenvalue weighted by Gasteiger charge is -2.07. The van der Waals surface area contributed by atoms with Crippen LogP contribution >= 0.6 is 11.6 Å². The third-order valence-corrected chi connectivity index (χ3v) is 3.81. The molecule has 0 aliphatic rings. The van der Waals surface area contributed by atoms with E-state index in [1.54, 1.807) is 4.68 Å². The normalized spacial score (nSPS) is 11.0. The zero-order valence-corrected chi connectivity index (χ0v) is 13.4. The Hall–Kier alpha value is -1.36. The van der Waals surface area contributed by atoms with Gasteiger partial charge in [0.25, 0.3) is 0 Å². The third-order valence-electron chi connectivity index (χ3n) is 3.31. The molecule has 1 heterocycles. The summed E-state index contributed by atoms with van der Waals surface area (Å²) in [5.74, 6) is 0. The average molecular weight is 308 g/mol. The lowest BCUT2D eigenvalue weighted by molar-refractivity contribution is 0.113. The molecule has 2 rings (SSSR count). The first-order chi connectivity index (χ1) is 10.2. The van der Waals surface area contributed by atoms with Crippen molar-refractivity contribution in [3.8, 4) is 0 Å². The Balaban J connectivity index is 1.58. The second kappa shape index (κ2) is 8.17. The molecule has 0 radical (unpaired) electrons. The van der Waals surface area contributed by atoms with E-state index in [2.05, 4.69) is 34.7 Å². The molecule has 0 spiro atoms. The maximum absolute atomic E-state index is 6.17. The zero-order chi connectivity index (χ0) is 15.1. The van der Waals surface area contributed by atoms with E-state index < -0.39 is 0 Å². The number of benzene rings is 1. The Morgan fingerprint density at radius 1 is 1.29 bits per heavy atom. The number of aryl methyl sites for hydroxylation is 2. The highest BCUT2D eigenvalue weighted by Gasteiger charge is 2.10. The van der Waals surface area contributed by atoms with Gasteiger partial charge in [-0.1, -0.05) is 41.9 Å². The molecule has 0 saturated carbocycles. The summed E-state index contributed by atoms with van der Waals surface area (Å²) >= 11 is 6.17. The van der Waals surface area contributed by atoms with Crippen molar-refractivity contribution in [1.29, 1.82) is 0 Å².